The van der Waals surface area contributed by atoms with Crippen molar-refractivity contribution >= 4 is 22.8 Å². The van der Waals surface area contributed by atoms with Gasteiger partial charge in [-0.3, -0.25) is 4.79 Å². The molecular formula is C21H22N4O3. The first-order valence-electron chi connectivity index (χ1n) is 9.46. The predicted molar refractivity (Wildman–Crippen MR) is 102 cm³/mol. The minimum atomic E-state index is -0.554. The standard InChI is InChI=1S/C21H22N4O3/c22-9-3-11-25(12-4-10-23)20(26)14-28-21(27)15-7-8-19-17(13-15)16-5-1-2-6-18(16)24-19/h7-8,13,24H,1-6,11-12,14H2. The SMILES string of the molecule is N#CCCN(CCC#N)C(=O)COC(=O)c1ccc2[nH]c3c(c2c1)CCCC3. The summed E-state index contributed by atoms with van der Waals surface area (Å²) < 4.78 is 5.19. The van der Waals surface area contributed by atoms with Crippen molar-refractivity contribution in [1.29, 1.82) is 10.5 Å². The van der Waals surface area contributed by atoms with Crippen LogP contribution in [0.25, 0.3) is 10.9 Å². The Morgan fingerprint density at radius 3 is 2.54 bits per heavy atom. The number of nitriles is 2. The van der Waals surface area contributed by atoms with Crippen LogP contribution in [0.4, 0.5) is 0 Å². The van der Waals surface area contributed by atoms with Crippen molar-refractivity contribution in [3.05, 3.63) is 35.0 Å². The van der Waals surface area contributed by atoms with Gasteiger partial charge in [0, 0.05) is 29.7 Å². The van der Waals surface area contributed by atoms with E-state index in [1.807, 2.05) is 24.3 Å². The van der Waals surface area contributed by atoms with Crippen molar-refractivity contribution in [2.24, 2.45) is 0 Å². The van der Waals surface area contributed by atoms with Gasteiger partial charge in [0.25, 0.3) is 5.91 Å². The molecule has 0 saturated heterocycles. The zero-order chi connectivity index (χ0) is 19.9. The van der Waals surface area contributed by atoms with Crippen LogP contribution >= 0.6 is 0 Å². The number of carbonyl (C=O) groups is 2. The second-order valence-electron chi connectivity index (χ2n) is 6.82. The third-order valence-electron chi connectivity index (χ3n) is 5.00. The van der Waals surface area contributed by atoms with Gasteiger partial charge in [0.05, 0.1) is 30.5 Å². The number of nitrogens with one attached hydrogen (secondary N) is 1. The number of fused-ring (bicyclic) bond motifs is 3. The highest BCUT2D eigenvalue weighted by Gasteiger charge is 2.19. The zero-order valence-corrected chi connectivity index (χ0v) is 15.7. The molecule has 1 aliphatic rings. The van der Waals surface area contributed by atoms with Gasteiger partial charge < -0.3 is 14.6 Å². The van der Waals surface area contributed by atoms with Crippen molar-refractivity contribution in [2.75, 3.05) is 19.7 Å². The summed E-state index contributed by atoms with van der Waals surface area (Å²) in [5, 5.41) is 18.4. The van der Waals surface area contributed by atoms with Crippen LogP contribution in [0, 0.1) is 22.7 Å². The number of esters is 1. The van der Waals surface area contributed by atoms with E-state index in [0.29, 0.717) is 5.56 Å². The van der Waals surface area contributed by atoms with E-state index in [2.05, 4.69) is 4.98 Å². The number of carbonyl (C=O) groups excluding carboxylic acids is 2. The largest absolute Gasteiger partial charge is 0.452 e. The van der Waals surface area contributed by atoms with Crippen LogP contribution in [-0.4, -0.2) is 41.5 Å². The molecule has 2 aromatic rings. The predicted octanol–water partition coefficient (Wildman–Crippen LogP) is 2.86. The van der Waals surface area contributed by atoms with Gasteiger partial charge in [0.15, 0.2) is 6.61 Å². The third-order valence-corrected chi connectivity index (χ3v) is 5.00. The molecule has 0 fully saturated rings. The van der Waals surface area contributed by atoms with Gasteiger partial charge in [-0.15, -0.1) is 0 Å². The summed E-state index contributed by atoms with van der Waals surface area (Å²) in [5.41, 5.74) is 3.94. The van der Waals surface area contributed by atoms with E-state index in [1.54, 1.807) is 6.07 Å². The number of rotatable bonds is 7. The Morgan fingerprint density at radius 2 is 1.82 bits per heavy atom. The second-order valence-corrected chi connectivity index (χ2v) is 6.82. The average molecular weight is 378 g/mol. The van der Waals surface area contributed by atoms with Gasteiger partial charge in [0.2, 0.25) is 0 Å². The van der Waals surface area contributed by atoms with Crippen molar-refractivity contribution in [1.82, 2.24) is 9.88 Å². The molecule has 1 heterocycles. The zero-order valence-electron chi connectivity index (χ0n) is 15.7. The minimum absolute atomic E-state index is 0.167. The first-order chi connectivity index (χ1) is 13.6. The van der Waals surface area contributed by atoms with Crippen LogP contribution in [0.15, 0.2) is 18.2 Å². The van der Waals surface area contributed by atoms with Gasteiger partial charge in [-0.2, -0.15) is 10.5 Å². The Bertz CT molecular complexity index is 946. The summed E-state index contributed by atoms with van der Waals surface area (Å²) in [6.45, 7) is 0.0327. The van der Waals surface area contributed by atoms with Gasteiger partial charge in [-0.05, 0) is 49.4 Å². The number of hydrogen-bond acceptors (Lipinski definition) is 5. The number of H-pyrrole nitrogens is 1. The van der Waals surface area contributed by atoms with Gasteiger partial charge in [-0.1, -0.05) is 0 Å². The maximum Gasteiger partial charge on any atom is 0.338 e. The Kier molecular flexibility index (Phi) is 6.29. The number of aromatic nitrogens is 1. The van der Waals surface area contributed by atoms with E-state index >= 15 is 0 Å². The van der Waals surface area contributed by atoms with E-state index in [1.165, 1.54) is 22.6 Å². The Hall–Kier alpha value is -3.32. The summed E-state index contributed by atoms with van der Waals surface area (Å²) in [6.07, 6.45) is 4.68. The van der Waals surface area contributed by atoms with Crippen LogP contribution in [0.1, 0.15) is 47.3 Å². The summed E-state index contributed by atoms with van der Waals surface area (Å²) in [5.74, 6) is -0.958. The number of ether oxygens (including phenoxy) is 1. The molecule has 1 aliphatic carbocycles. The Morgan fingerprint density at radius 1 is 1.11 bits per heavy atom. The fraction of sp³-hybridized carbons (Fsp3) is 0.429. The summed E-state index contributed by atoms with van der Waals surface area (Å²) in [4.78, 5) is 29.5. The summed E-state index contributed by atoms with van der Waals surface area (Å²) >= 11 is 0. The monoisotopic (exact) mass is 378 g/mol. The molecule has 0 saturated carbocycles. The van der Waals surface area contributed by atoms with Crippen LogP contribution < -0.4 is 0 Å². The number of aryl methyl sites for hydroxylation is 2. The van der Waals surface area contributed by atoms with Crippen molar-refractivity contribution in [3.63, 3.8) is 0 Å². The first-order valence-corrected chi connectivity index (χ1v) is 9.46. The van der Waals surface area contributed by atoms with Gasteiger partial charge >= 0.3 is 5.97 Å². The lowest BCUT2D eigenvalue weighted by molar-refractivity contribution is -0.134. The lowest BCUT2D eigenvalue weighted by Crippen LogP contribution is -2.36. The fourth-order valence-electron chi connectivity index (χ4n) is 3.57. The van der Waals surface area contributed by atoms with E-state index in [0.717, 1.165) is 30.2 Å². The van der Waals surface area contributed by atoms with Crippen LogP contribution in [0.5, 0.6) is 0 Å². The number of amides is 1. The third kappa shape index (κ3) is 4.32. The van der Waals surface area contributed by atoms with Crippen molar-refractivity contribution < 1.29 is 14.3 Å². The molecule has 144 valence electrons. The molecule has 0 atom stereocenters. The average Bonchev–Trinajstić information content (AvgIpc) is 3.09. The quantitative estimate of drug-likeness (QED) is 0.745. The van der Waals surface area contributed by atoms with Gasteiger partial charge in [-0.25, -0.2) is 4.79 Å². The molecule has 1 N–H and O–H groups in total. The summed E-state index contributed by atoms with van der Waals surface area (Å²) in [7, 11) is 0. The molecular weight excluding hydrogens is 356 g/mol. The van der Waals surface area contributed by atoms with Crippen LogP contribution in [-0.2, 0) is 22.4 Å². The minimum Gasteiger partial charge on any atom is -0.452 e. The number of aromatic amines is 1. The van der Waals surface area contributed by atoms with Crippen LogP contribution in [0.3, 0.4) is 0 Å². The highest BCUT2D eigenvalue weighted by molar-refractivity contribution is 5.97. The maximum absolute atomic E-state index is 12.4. The molecule has 1 aromatic heterocycles. The Balaban J connectivity index is 1.66. The van der Waals surface area contributed by atoms with E-state index in [9.17, 15) is 9.59 Å². The molecule has 28 heavy (non-hydrogen) atoms. The van der Waals surface area contributed by atoms with Gasteiger partial charge in [0.1, 0.15) is 0 Å². The summed E-state index contributed by atoms with van der Waals surface area (Å²) in [6, 6.07) is 9.34. The number of benzene rings is 1. The van der Waals surface area contributed by atoms with E-state index in [4.69, 9.17) is 15.3 Å². The second kappa shape index (κ2) is 9.05. The maximum atomic E-state index is 12.4. The Labute approximate surface area is 163 Å². The molecule has 7 heteroatoms. The molecule has 7 nitrogen and oxygen atoms in total. The first kappa shape index (κ1) is 19.4. The molecule has 1 amide bonds. The van der Waals surface area contributed by atoms with E-state index < -0.39 is 18.5 Å². The molecule has 0 aliphatic heterocycles. The molecule has 1 aromatic carbocycles. The molecule has 0 bridgehead atoms. The normalized spacial score (nSPS) is 12.6. The van der Waals surface area contributed by atoms with Crippen molar-refractivity contribution in [3.8, 4) is 12.1 Å². The molecule has 0 radical (unpaired) electrons. The molecule has 0 spiro atoms. The van der Waals surface area contributed by atoms with E-state index in [-0.39, 0.29) is 25.9 Å². The highest BCUT2D eigenvalue weighted by atomic mass is 16.5. The smallest absolute Gasteiger partial charge is 0.338 e. The number of nitrogens with zero attached hydrogens (tertiary/aromatic N) is 3. The van der Waals surface area contributed by atoms with Crippen molar-refractivity contribution in [2.45, 2.75) is 38.5 Å². The highest BCUT2D eigenvalue weighted by Crippen LogP contribution is 2.29. The van der Waals surface area contributed by atoms with Crippen LogP contribution in [0.2, 0.25) is 0 Å². The lowest BCUT2D eigenvalue weighted by atomic mass is 9.95. The lowest BCUT2D eigenvalue weighted by Gasteiger charge is -2.20. The topological polar surface area (TPSA) is 110 Å². The molecule has 0 unspecified atom stereocenters. The fourth-order valence-corrected chi connectivity index (χ4v) is 3.57. The number of hydrogen-bond donors (Lipinski definition) is 1. The molecule has 3 rings (SSSR count).